The predicted molar refractivity (Wildman–Crippen MR) is 105 cm³/mol. The number of hydrogen-bond donors (Lipinski definition) is 0. The van der Waals surface area contributed by atoms with E-state index in [1.807, 2.05) is 6.07 Å². The molecule has 0 aliphatic carbocycles. The van der Waals surface area contributed by atoms with Gasteiger partial charge in [-0.1, -0.05) is 38.3 Å². The molecule has 4 nitrogen and oxygen atoms in total. The van der Waals surface area contributed by atoms with Crippen LogP contribution in [0.4, 0.5) is 5.69 Å². The van der Waals surface area contributed by atoms with Crippen LogP contribution in [0.2, 0.25) is 0 Å². The Morgan fingerprint density at radius 2 is 1.81 bits per heavy atom. The van der Waals surface area contributed by atoms with Crippen LogP contribution in [0.1, 0.15) is 51.0 Å². The predicted octanol–water partition coefficient (Wildman–Crippen LogP) is 5.40. The van der Waals surface area contributed by atoms with E-state index in [4.69, 9.17) is 4.74 Å². The molecule has 0 amide bonds. The molecule has 1 aromatic heterocycles. The molecule has 0 bridgehead atoms. The summed E-state index contributed by atoms with van der Waals surface area (Å²) in [7, 11) is 0. The molecule has 1 saturated heterocycles. The van der Waals surface area contributed by atoms with Crippen molar-refractivity contribution in [1.29, 1.82) is 0 Å². The fourth-order valence-electron chi connectivity index (χ4n) is 3.47. The van der Waals surface area contributed by atoms with E-state index in [0.29, 0.717) is 0 Å². The summed E-state index contributed by atoms with van der Waals surface area (Å²) in [6.45, 7) is 4.11. The SMILES string of the molecule is CCCCCCc1ccc(OC2CCN(c3ccc([O])nc3)CC2)cc1. The summed E-state index contributed by atoms with van der Waals surface area (Å²) in [4.78, 5) is 6.12. The van der Waals surface area contributed by atoms with Crippen LogP contribution in [0, 0.1) is 0 Å². The maximum atomic E-state index is 11.1. The van der Waals surface area contributed by atoms with Gasteiger partial charge >= 0.3 is 0 Å². The third-order valence-electron chi connectivity index (χ3n) is 5.07. The van der Waals surface area contributed by atoms with Gasteiger partial charge in [0.2, 0.25) is 0 Å². The Morgan fingerprint density at radius 3 is 2.46 bits per heavy atom. The van der Waals surface area contributed by atoms with Crippen molar-refractivity contribution in [2.24, 2.45) is 0 Å². The minimum Gasteiger partial charge on any atom is -0.490 e. The molecule has 1 aliphatic rings. The molecule has 1 aliphatic heterocycles. The molecule has 2 aromatic rings. The van der Waals surface area contributed by atoms with Crippen molar-refractivity contribution in [2.75, 3.05) is 18.0 Å². The molecule has 26 heavy (non-hydrogen) atoms. The van der Waals surface area contributed by atoms with Crippen LogP contribution in [0.15, 0.2) is 42.6 Å². The summed E-state index contributed by atoms with van der Waals surface area (Å²) in [6, 6.07) is 12.0. The zero-order valence-electron chi connectivity index (χ0n) is 15.7. The lowest BCUT2D eigenvalue weighted by atomic mass is 10.1. The van der Waals surface area contributed by atoms with Crippen LogP contribution in [0.25, 0.3) is 0 Å². The lowest BCUT2D eigenvalue weighted by molar-refractivity contribution is 0.171. The Kier molecular flexibility index (Phi) is 6.75. The number of aryl methyl sites for hydroxylation is 1. The van der Waals surface area contributed by atoms with E-state index in [2.05, 4.69) is 41.1 Å². The molecular weight excluding hydrogens is 324 g/mol. The van der Waals surface area contributed by atoms with E-state index in [0.717, 1.165) is 43.8 Å². The first-order valence-corrected chi connectivity index (χ1v) is 9.88. The first kappa shape index (κ1) is 18.6. The Labute approximate surface area is 156 Å². The highest BCUT2D eigenvalue weighted by atomic mass is 16.5. The second-order valence-electron chi connectivity index (χ2n) is 7.11. The zero-order chi connectivity index (χ0) is 18.2. The van der Waals surface area contributed by atoms with Gasteiger partial charge in [0.05, 0.1) is 11.9 Å². The molecule has 1 radical (unpaired) electrons. The molecule has 0 atom stereocenters. The molecule has 4 heteroatoms. The lowest BCUT2D eigenvalue weighted by Crippen LogP contribution is -2.38. The van der Waals surface area contributed by atoms with Crippen LogP contribution < -0.4 is 9.64 Å². The van der Waals surface area contributed by atoms with Crippen LogP contribution in [0.3, 0.4) is 0 Å². The van der Waals surface area contributed by atoms with Crippen LogP contribution in [-0.2, 0) is 11.5 Å². The van der Waals surface area contributed by atoms with Crippen molar-refractivity contribution in [3.63, 3.8) is 0 Å². The number of ether oxygens (including phenoxy) is 1. The van der Waals surface area contributed by atoms with Gasteiger partial charge < -0.3 is 9.64 Å². The first-order chi connectivity index (χ1) is 12.7. The van der Waals surface area contributed by atoms with Gasteiger partial charge in [-0.15, -0.1) is 0 Å². The highest BCUT2D eigenvalue weighted by molar-refractivity contribution is 5.45. The number of hydrogen-bond acceptors (Lipinski definition) is 3. The van der Waals surface area contributed by atoms with Gasteiger partial charge in [0, 0.05) is 32.0 Å². The normalized spacial score (nSPS) is 15.2. The van der Waals surface area contributed by atoms with Gasteiger partial charge in [0.1, 0.15) is 11.9 Å². The summed E-state index contributed by atoms with van der Waals surface area (Å²) >= 11 is 0. The van der Waals surface area contributed by atoms with Crippen molar-refractivity contribution in [1.82, 2.24) is 4.98 Å². The van der Waals surface area contributed by atoms with E-state index in [-0.39, 0.29) is 12.0 Å². The fraction of sp³-hybridized carbons (Fsp3) is 0.500. The number of rotatable bonds is 8. The smallest absolute Gasteiger partial charge is 0.269 e. The minimum absolute atomic E-state index is 0.180. The van der Waals surface area contributed by atoms with Gasteiger partial charge in [0.25, 0.3) is 5.88 Å². The summed E-state index contributed by atoms with van der Waals surface area (Å²) in [5.41, 5.74) is 2.42. The minimum atomic E-state index is -0.180. The molecule has 139 valence electrons. The largest absolute Gasteiger partial charge is 0.490 e. The molecule has 1 fully saturated rings. The third kappa shape index (κ3) is 5.38. The summed E-state index contributed by atoms with van der Waals surface area (Å²) < 4.78 is 6.16. The first-order valence-electron chi connectivity index (χ1n) is 9.88. The van der Waals surface area contributed by atoms with Crippen LogP contribution in [0.5, 0.6) is 11.6 Å². The standard InChI is InChI=1S/C22H29N2O2/c1-2-3-4-5-6-18-7-10-20(11-8-18)26-21-13-15-24(16-14-21)19-9-12-22(25)23-17-19/h7-12,17,21H,2-6,13-16H2,1H3. The molecule has 0 N–H and O–H groups in total. The number of anilines is 1. The number of pyridine rings is 1. The number of aromatic nitrogens is 1. The van der Waals surface area contributed by atoms with E-state index < -0.39 is 0 Å². The topological polar surface area (TPSA) is 45.3 Å². The molecule has 2 heterocycles. The molecule has 3 rings (SSSR count). The van der Waals surface area contributed by atoms with Gasteiger partial charge in [-0.05, 0) is 36.6 Å². The van der Waals surface area contributed by atoms with Gasteiger partial charge in [-0.2, -0.15) is 0 Å². The quantitative estimate of drug-likeness (QED) is 0.597. The Balaban J connectivity index is 1.43. The van der Waals surface area contributed by atoms with Crippen LogP contribution >= 0.6 is 0 Å². The third-order valence-corrected chi connectivity index (χ3v) is 5.07. The molecule has 0 saturated carbocycles. The molecular formula is C22H29N2O2. The average Bonchev–Trinajstić information content (AvgIpc) is 2.68. The Hall–Kier alpha value is -2.23. The molecule has 0 unspecified atom stereocenters. The number of benzene rings is 1. The highest BCUT2D eigenvalue weighted by Crippen LogP contribution is 2.24. The van der Waals surface area contributed by atoms with E-state index in [1.165, 1.54) is 37.3 Å². The van der Waals surface area contributed by atoms with Crippen molar-refractivity contribution in [3.05, 3.63) is 48.2 Å². The van der Waals surface area contributed by atoms with Crippen molar-refractivity contribution < 1.29 is 9.84 Å². The number of piperidine rings is 1. The highest BCUT2D eigenvalue weighted by Gasteiger charge is 2.21. The van der Waals surface area contributed by atoms with Gasteiger partial charge in [0.15, 0.2) is 0 Å². The molecule has 1 aromatic carbocycles. The van der Waals surface area contributed by atoms with Gasteiger partial charge in [-0.3, -0.25) is 5.11 Å². The Bertz CT molecular complexity index is 647. The van der Waals surface area contributed by atoms with E-state index in [9.17, 15) is 5.11 Å². The van der Waals surface area contributed by atoms with E-state index >= 15 is 0 Å². The summed E-state index contributed by atoms with van der Waals surface area (Å²) in [6.07, 6.45) is 10.3. The monoisotopic (exact) mass is 353 g/mol. The maximum absolute atomic E-state index is 11.1. The summed E-state index contributed by atoms with van der Waals surface area (Å²) in [5.74, 6) is 0.791. The van der Waals surface area contributed by atoms with Crippen molar-refractivity contribution in [2.45, 2.75) is 58.0 Å². The van der Waals surface area contributed by atoms with Crippen molar-refractivity contribution in [3.8, 4) is 11.6 Å². The number of unbranched alkanes of at least 4 members (excludes halogenated alkanes) is 3. The average molecular weight is 353 g/mol. The zero-order valence-corrected chi connectivity index (χ0v) is 15.7. The summed E-state index contributed by atoms with van der Waals surface area (Å²) in [5, 5.41) is 11.1. The van der Waals surface area contributed by atoms with Crippen LogP contribution in [-0.4, -0.2) is 24.2 Å². The van der Waals surface area contributed by atoms with Gasteiger partial charge in [-0.25, -0.2) is 4.98 Å². The van der Waals surface area contributed by atoms with E-state index in [1.54, 1.807) is 6.20 Å². The second-order valence-corrected chi connectivity index (χ2v) is 7.11. The van der Waals surface area contributed by atoms with Crippen molar-refractivity contribution >= 4 is 5.69 Å². The second kappa shape index (κ2) is 9.46. The Morgan fingerprint density at radius 1 is 1.04 bits per heavy atom. The fourth-order valence-corrected chi connectivity index (χ4v) is 3.47. The lowest BCUT2D eigenvalue weighted by Gasteiger charge is -2.33. The number of nitrogens with zero attached hydrogens (tertiary/aromatic N) is 2. The maximum Gasteiger partial charge on any atom is 0.269 e. The molecule has 0 spiro atoms.